The van der Waals surface area contributed by atoms with Crippen LogP contribution in [0.25, 0.3) is 0 Å². The molecule has 0 aliphatic rings. The number of esters is 1. The molecule has 8 nitrogen and oxygen atoms in total. The second kappa shape index (κ2) is 9.42. The normalized spacial score (nSPS) is 11.3. The van der Waals surface area contributed by atoms with E-state index in [9.17, 15) is 14.4 Å². The highest BCUT2D eigenvalue weighted by atomic mass is 16.5. The lowest BCUT2D eigenvalue weighted by Gasteiger charge is -2.13. The molecule has 0 spiro atoms. The summed E-state index contributed by atoms with van der Waals surface area (Å²) in [5.41, 5.74) is 0.622. The number of anilines is 1. The fourth-order valence-corrected chi connectivity index (χ4v) is 1.82. The first-order valence-corrected chi connectivity index (χ1v) is 7.03. The molecule has 1 aromatic carbocycles. The molecule has 1 aromatic rings. The van der Waals surface area contributed by atoms with Gasteiger partial charge >= 0.3 is 5.97 Å². The number of nitrogens with one attached hydrogen (secondary N) is 3. The van der Waals surface area contributed by atoms with Gasteiger partial charge in [0.15, 0.2) is 13.1 Å². The maximum Gasteiger partial charge on any atom is 0.325 e. The molecule has 1 atom stereocenters. The molecular weight excluding hydrogens is 302 g/mol. The molecule has 0 bridgehead atoms. The van der Waals surface area contributed by atoms with Gasteiger partial charge in [0.05, 0.1) is 21.3 Å². The van der Waals surface area contributed by atoms with Crippen LogP contribution >= 0.6 is 0 Å². The van der Waals surface area contributed by atoms with Gasteiger partial charge in [0, 0.05) is 11.8 Å². The molecule has 0 aliphatic heterocycles. The molecule has 23 heavy (non-hydrogen) atoms. The van der Waals surface area contributed by atoms with Crippen LogP contribution < -0.4 is 20.3 Å². The average Bonchev–Trinajstić information content (AvgIpc) is 2.52. The first-order valence-electron chi connectivity index (χ1n) is 7.03. The highest BCUT2D eigenvalue weighted by Crippen LogP contribution is 2.16. The zero-order chi connectivity index (χ0) is 17.2. The van der Waals surface area contributed by atoms with Crippen LogP contribution in [0, 0.1) is 0 Å². The minimum Gasteiger partial charge on any atom is -0.497 e. The zero-order valence-corrected chi connectivity index (χ0v) is 13.5. The van der Waals surface area contributed by atoms with Crippen molar-refractivity contribution in [2.24, 2.45) is 0 Å². The third-order valence-electron chi connectivity index (χ3n) is 2.94. The third kappa shape index (κ3) is 7.28. The van der Waals surface area contributed by atoms with Gasteiger partial charge in [-0.25, -0.2) is 0 Å². The Morgan fingerprint density at radius 3 is 2.48 bits per heavy atom. The lowest BCUT2D eigenvalue weighted by Crippen LogP contribution is -3.11. The molecule has 0 saturated heterocycles. The number of methoxy groups -OCH3 is 2. The topological polar surface area (TPSA) is 98.2 Å². The molecule has 0 aliphatic carbocycles. The molecule has 0 aromatic heterocycles. The van der Waals surface area contributed by atoms with Crippen LogP contribution in [-0.4, -0.2) is 58.7 Å². The third-order valence-corrected chi connectivity index (χ3v) is 2.94. The number of benzene rings is 1. The summed E-state index contributed by atoms with van der Waals surface area (Å²) in [6, 6.07) is 7.00. The van der Waals surface area contributed by atoms with Crippen LogP contribution in [0.3, 0.4) is 0 Å². The van der Waals surface area contributed by atoms with Crippen LogP contribution in [0.15, 0.2) is 24.3 Å². The summed E-state index contributed by atoms with van der Waals surface area (Å²) in [5, 5.41) is 5.15. The Morgan fingerprint density at radius 1 is 1.13 bits per heavy atom. The lowest BCUT2D eigenvalue weighted by molar-refractivity contribution is -0.862. The monoisotopic (exact) mass is 324 g/mol. The molecule has 0 heterocycles. The number of rotatable bonds is 8. The number of amides is 2. The van der Waals surface area contributed by atoms with E-state index >= 15 is 0 Å². The SMILES string of the molecule is COC(=O)CNC(=O)C[NH+](C)CC(=O)Nc1cccc(OC)c1. The molecule has 0 saturated carbocycles. The van der Waals surface area contributed by atoms with Gasteiger partial charge in [-0.15, -0.1) is 0 Å². The first-order chi connectivity index (χ1) is 10.9. The predicted octanol–water partition coefficient (Wildman–Crippen LogP) is -1.56. The van der Waals surface area contributed by atoms with Gasteiger partial charge in [0.25, 0.3) is 11.8 Å². The number of hydrogen-bond acceptors (Lipinski definition) is 5. The molecule has 3 N–H and O–H groups in total. The largest absolute Gasteiger partial charge is 0.497 e. The second-order valence-corrected chi connectivity index (χ2v) is 4.94. The average molecular weight is 324 g/mol. The molecule has 126 valence electrons. The number of hydrogen-bond donors (Lipinski definition) is 3. The second-order valence-electron chi connectivity index (χ2n) is 4.94. The van der Waals surface area contributed by atoms with Crippen molar-refractivity contribution in [2.75, 3.05) is 46.2 Å². The van der Waals surface area contributed by atoms with Gasteiger partial charge in [0.2, 0.25) is 0 Å². The number of quaternary nitrogens is 1. The Bertz CT molecular complexity index is 562. The Morgan fingerprint density at radius 2 is 1.83 bits per heavy atom. The summed E-state index contributed by atoms with van der Waals surface area (Å²) >= 11 is 0. The number of carbonyl (C=O) groups excluding carboxylic acids is 3. The van der Waals surface area contributed by atoms with E-state index < -0.39 is 5.97 Å². The Hall–Kier alpha value is -2.61. The molecule has 8 heteroatoms. The quantitative estimate of drug-likeness (QED) is 0.502. The summed E-state index contributed by atoms with van der Waals surface area (Å²) in [6.07, 6.45) is 0. The van der Waals surface area contributed by atoms with E-state index in [1.165, 1.54) is 7.11 Å². The van der Waals surface area contributed by atoms with Crippen LogP contribution in [0.5, 0.6) is 5.75 Å². The fourth-order valence-electron chi connectivity index (χ4n) is 1.82. The number of likely N-dealkylation sites (N-methyl/N-ethyl adjacent to an activating group) is 1. The van der Waals surface area contributed by atoms with E-state index in [1.807, 2.05) is 0 Å². The maximum atomic E-state index is 11.9. The van der Waals surface area contributed by atoms with Gasteiger partial charge in [-0.2, -0.15) is 0 Å². The molecule has 1 rings (SSSR count). The standard InChI is InChI=1S/C15H21N3O5/c1-18(9-13(19)16-8-15(21)23-3)10-14(20)17-11-5-4-6-12(7-11)22-2/h4-7H,8-10H2,1-3H3,(H,16,19)(H,17,20)/p+1. The number of carbonyl (C=O) groups is 3. The summed E-state index contributed by atoms with van der Waals surface area (Å²) in [6.45, 7) is 0.00397. The van der Waals surface area contributed by atoms with Crippen molar-refractivity contribution in [3.63, 3.8) is 0 Å². The van der Waals surface area contributed by atoms with Crippen molar-refractivity contribution in [3.05, 3.63) is 24.3 Å². The summed E-state index contributed by atoms with van der Waals surface area (Å²) in [7, 11) is 4.50. The Balaban J connectivity index is 2.38. The van der Waals surface area contributed by atoms with Crippen LogP contribution in [0.2, 0.25) is 0 Å². The molecular formula is C15H22N3O5+. The van der Waals surface area contributed by atoms with Crippen LogP contribution in [-0.2, 0) is 19.1 Å². The van der Waals surface area contributed by atoms with E-state index in [1.54, 1.807) is 38.4 Å². The van der Waals surface area contributed by atoms with Gasteiger partial charge in [-0.3, -0.25) is 14.4 Å². The maximum absolute atomic E-state index is 11.9. The minimum absolute atomic E-state index is 0.0719. The van der Waals surface area contributed by atoms with Crippen LogP contribution in [0.4, 0.5) is 5.69 Å². The van der Waals surface area contributed by atoms with E-state index in [-0.39, 0.29) is 31.4 Å². The molecule has 2 amide bonds. The van der Waals surface area contributed by atoms with E-state index in [2.05, 4.69) is 15.4 Å². The molecule has 0 fully saturated rings. The Labute approximate surface area is 134 Å². The van der Waals surface area contributed by atoms with Crippen molar-refractivity contribution in [1.29, 1.82) is 0 Å². The van der Waals surface area contributed by atoms with E-state index in [0.717, 1.165) is 0 Å². The summed E-state index contributed by atoms with van der Waals surface area (Å²) in [5.74, 6) is -0.434. The van der Waals surface area contributed by atoms with E-state index in [4.69, 9.17) is 4.74 Å². The minimum atomic E-state index is -0.522. The zero-order valence-electron chi connectivity index (χ0n) is 13.5. The first kappa shape index (κ1) is 18.4. The van der Waals surface area contributed by atoms with Crippen LogP contribution in [0.1, 0.15) is 0 Å². The van der Waals surface area contributed by atoms with Crippen molar-refractivity contribution >= 4 is 23.5 Å². The number of ether oxygens (including phenoxy) is 2. The fraction of sp³-hybridized carbons (Fsp3) is 0.400. The van der Waals surface area contributed by atoms with E-state index in [0.29, 0.717) is 16.3 Å². The lowest BCUT2D eigenvalue weighted by atomic mass is 10.3. The molecule has 0 radical (unpaired) electrons. The van der Waals surface area contributed by atoms with Crippen molar-refractivity contribution < 1.29 is 28.8 Å². The molecule has 1 unspecified atom stereocenters. The van der Waals surface area contributed by atoms with Gasteiger partial charge in [0.1, 0.15) is 12.3 Å². The highest BCUT2D eigenvalue weighted by Gasteiger charge is 2.15. The van der Waals surface area contributed by atoms with Gasteiger partial charge < -0.3 is 25.0 Å². The summed E-state index contributed by atoms with van der Waals surface area (Å²) < 4.78 is 9.50. The van der Waals surface area contributed by atoms with Gasteiger partial charge in [-0.1, -0.05) is 6.07 Å². The highest BCUT2D eigenvalue weighted by molar-refractivity contribution is 5.91. The van der Waals surface area contributed by atoms with Crippen molar-refractivity contribution in [1.82, 2.24) is 5.32 Å². The van der Waals surface area contributed by atoms with Gasteiger partial charge in [-0.05, 0) is 12.1 Å². The van der Waals surface area contributed by atoms with Crippen molar-refractivity contribution in [2.45, 2.75) is 0 Å². The summed E-state index contributed by atoms with van der Waals surface area (Å²) in [4.78, 5) is 35.2. The smallest absolute Gasteiger partial charge is 0.325 e. The van der Waals surface area contributed by atoms with Crippen molar-refractivity contribution in [3.8, 4) is 5.75 Å². The Kier molecular flexibility index (Phi) is 7.55. The predicted molar refractivity (Wildman–Crippen MR) is 83.3 cm³/mol.